The average Bonchev–Trinajstić information content (AvgIpc) is 3.16. The van der Waals surface area contributed by atoms with Gasteiger partial charge in [0.2, 0.25) is 0 Å². The first-order valence-corrected chi connectivity index (χ1v) is 16.6. The summed E-state index contributed by atoms with van der Waals surface area (Å²) in [5, 5.41) is 0. The Morgan fingerprint density at radius 3 is 1.86 bits per heavy atom. The second kappa shape index (κ2) is 14.6. The molecule has 0 amide bonds. The van der Waals surface area contributed by atoms with Crippen LogP contribution in [0.15, 0.2) is 42.5 Å². The zero-order chi connectivity index (χ0) is 26.8. The van der Waals surface area contributed by atoms with Crippen LogP contribution < -0.4 is 0 Å². The normalized spacial score (nSPS) is 18.5. The van der Waals surface area contributed by atoms with Crippen LogP contribution >= 0.6 is 11.8 Å². The fourth-order valence-electron chi connectivity index (χ4n) is 6.76. The molecule has 0 nitrogen and oxygen atoms in total. The highest BCUT2D eigenvalue weighted by atomic mass is 32.2. The number of hydrogen-bond donors (Lipinski definition) is 0. The molecule has 37 heavy (non-hydrogen) atoms. The number of rotatable bonds is 16. The van der Waals surface area contributed by atoms with E-state index in [1.807, 2.05) is 11.8 Å². The molecule has 0 spiro atoms. The molecule has 1 aliphatic rings. The minimum Gasteiger partial charge on any atom is -0.126 e. The Labute approximate surface area is 234 Å². The van der Waals surface area contributed by atoms with Crippen LogP contribution in [-0.4, -0.2) is 5.75 Å². The molecule has 0 radical (unpaired) electrons. The van der Waals surface area contributed by atoms with Gasteiger partial charge in [0.25, 0.3) is 0 Å². The molecular weight excluding hydrogens is 464 g/mol. The first-order chi connectivity index (χ1) is 18.0. The van der Waals surface area contributed by atoms with Crippen LogP contribution in [0.3, 0.4) is 0 Å². The smallest absolute Gasteiger partial charge is 0.0220 e. The fraction of sp³-hybridized carbons (Fsp3) is 0.611. The lowest BCUT2D eigenvalue weighted by molar-refractivity contribution is 0.266. The Balaban J connectivity index is 2.25. The van der Waals surface area contributed by atoms with Gasteiger partial charge >= 0.3 is 0 Å². The Morgan fingerprint density at radius 1 is 0.784 bits per heavy atom. The molecular formula is C36H54S. The highest BCUT2D eigenvalue weighted by Crippen LogP contribution is 2.57. The highest BCUT2D eigenvalue weighted by molar-refractivity contribution is 8.08. The largest absolute Gasteiger partial charge is 0.126 e. The highest BCUT2D eigenvalue weighted by Gasteiger charge is 2.45. The third-order valence-corrected chi connectivity index (χ3v) is 9.85. The van der Waals surface area contributed by atoms with Gasteiger partial charge in [0, 0.05) is 10.3 Å². The molecule has 3 rings (SSSR count). The first-order valence-electron chi connectivity index (χ1n) is 15.6. The maximum atomic E-state index is 2.63. The second-order valence-electron chi connectivity index (χ2n) is 11.5. The van der Waals surface area contributed by atoms with Crippen LogP contribution in [0, 0.1) is 18.8 Å². The summed E-state index contributed by atoms with van der Waals surface area (Å²) in [6, 6.07) is 14.9. The van der Waals surface area contributed by atoms with Gasteiger partial charge in [-0.2, -0.15) is 0 Å². The minimum absolute atomic E-state index is 0.129. The predicted octanol–water partition coefficient (Wildman–Crippen LogP) is 12.0. The van der Waals surface area contributed by atoms with Crippen molar-refractivity contribution in [3.05, 3.63) is 64.7 Å². The Morgan fingerprint density at radius 2 is 1.35 bits per heavy atom. The van der Waals surface area contributed by atoms with Gasteiger partial charge < -0.3 is 0 Å². The average molecular weight is 519 g/mol. The van der Waals surface area contributed by atoms with Crippen molar-refractivity contribution in [1.29, 1.82) is 0 Å². The standard InChI is InChI=1S/C36H54S/c1-8-14-17-28(11-4)25-36(26-29(12-5)18-15-9-2)33-23-27(7)19-21-31(33)32-22-20-30(24-34(32)36)35(16-10-3)37-13-6/h16,19-24,28-29H,8-15,17-18,25-26H2,1-7H3/b35-16-. The molecule has 2 unspecified atom stereocenters. The third-order valence-electron chi connectivity index (χ3n) is 8.85. The van der Waals surface area contributed by atoms with Gasteiger partial charge in [-0.3, -0.25) is 0 Å². The zero-order valence-corrected chi connectivity index (χ0v) is 25.9. The molecule has 0 saturated carbocycles. The number of aryl methyl sites for hydroxylation is 1. The van der Waals surface area contributed by atoms with Crippen molar-refractivity contribution in [2.45, 2.75) is 125 Å². The van der Waals surface area contributed by atoms with Gasteiger partial charge in [0.05, 0.1) is 0 Å². The molecule has 2 atom stereocenters. The lowest BCUT2D eigenvalue weighted by atomic mass is 9.65. The lowest BCUT2D eigenvalue weighted by Gasteiger charge is -2.39. The van der Waals surface area contributed by atoms with Crippen LogP contribution in [0.25, 0.3) is 16.0 Å². The lowest BCUT2D eigenvalue weighted by Crippen LogP contribution is -2.31. The molecule has 0 bridgehead atoms. The molecule has 1 heteroatoms. The van der Waals surface area contributed by atoms with E-state index in [9.17, 15) is 0 Å². The zero-order valence-electron chi connectivity index (χ0n) is 25.1. The van der Waals surface area contributed by atoms with E-state index < -0.39 is 0 Å². The van der Waals surface area contributed by atoms with E-state index in [0.717, 1.165) is 24.0 Å². The van der Waals surface area contributed by atoms with Gasteiger partial charge in [-0.25, -0.2) is 0 Å². The molecule has 204 valence electrons. The van der Waals surface area contributed by atoms with E-state index in [4.69, 9.17) is 0 Å². The Kier molecular flexibility index (Phi) is 11.9. The van der Waals surface area contributed by atoms with Crippen molar-refractivity contribution >= 4 is 16.7 Å². The molecule has 0 N–H and O–H groups in total. The van der Waals surface area contributed by atoms with Crippen LogP contribution in [0.2, 0.25) is 0 Å². The van der Waals surface area contributed by atoms with Crippen LogP contribution in [0.4, 0.5) is 0 Å². The predicted molar refractivity (Wildman–Crippen MR) is 170 cm³/mol. The third kappa shape index (κ3) is 6.95. The molecule has 2 aromatic carbocycles. The van der Waals surface area contributed by atoms with Gasteiger partial charge in [0.1, 0.15) is 0 Å². The summed E-state index contributed by atoms with van der Waals surface area (Å²) in [5.74, 6) is 2.68. The quantitative estimate of drug-likeness (QED) is 0.213. The Hall–Kier alpha value is -1.47. The molecule has 1 aliphatic carbocycles. The molecule has 0 heterocycles. The maximum absolute atomic E-state index is 2.63. The number of benzene rings is 2. The van der Waals surface area contributed by atoms with E-state index in [1.165, 1.54) is 91.4 Å². The van der Waals surface area contributed by atoms with Crippen molar-refractivity contribution < 1.29 is 0 Å². The fourth-order valence-corrected chi connectivity index (χ4v) is 7.65. The number of allylic oxidation sites excluding steroid dienone is 1. The molecule has 0 aliphatic heterocycles. The van der Waals surface area contributed by atoms with Crippen molar-refractivity contribution in [2.24, 2.45) is 11.8 Å². The summed E-state index contributed by atoms with van der Waals surface area (Å²) in [7, 11) is 0. The summed E-state index contributed by atoms with van der Waals surface area (Å²) >= 11 is 2.01. The van der Waals surface area contributed by atoms with E-state index in [1.54, 1.807) is 11.1 Å². The van der Waals surface area contributed by atoms with Gasteiger partial charge in [-0.1, -0.05) is 135 Å². The summed E-state index contributed by atoms with van der Waals surface area (Å²) < 4.78 is 0. The van der Waals surface area contributed by atoms with Crippen molar-refractivity contribution in [3.63, 3.8) is 0 Å². The molecule has 0 aromatic heterocycles. The van der Waals surface area contributed by atoms with Crippen LogP contribution in [-0.2, 0) is 5.41 Å². The summed E-state index contributed by atoms with van der Waals surface area (Å²) in [5.41, 5.74) is 9.25. The number of unbranched alkanes of at least 4 members (excludes halogenated alkanes) is 2. The molecule has 0 saturated heterocycles. The first kappa shape index (κ1) is 30.1. The van der Waals surface area contributed by atoms with Crippen LogP contribution in [0.1, 0.15) is 134 Å². The summed E-state index contributed by atoms with van der Waals surface area (Å²) in [6.45, 7) is 16.4. The van der Waals surface area contributed by atoms with E-state index in [2.05, 4.69) is 90.9 Å². The molecule has 0 fully saturated rings. The monoisotopic (exact) mass is 518 g/mol. The van der Waals surface area contributed by atoms with Crippen molar-refractivity contribution in [3.8, 4) is 11.1 Å². The number of fused-ring (bicyclic) bond motifs is 3. The van der Waals surface area contributed by atoms with E-state index in [0.29, 0.717) is 0 Å². The summed E-state index contributed by atoms with van der Waals surface area (Å²) in [6.07, 6.45) is 16.7. The van der Waals surface area contributed by atoms with Crippen molar-refractivity contribution in [2.75, 3.05) is 5.75 Å². The van der Waals surface area contributed by atoms with E-state index in [-0.39, 0.29) is 5.41 Å². The molecule has 2 aromatic rings. The van der Waals surface area contributed by atoms with E-state index >= 15 is 0 Å². The maximum Gasteiger partial charge on any atom is 0.0220 e. The second-order valence-corrected chi connectivity index (χ2v) is 12.8. The van der Waals surface area contributed by atoms with Gasteiger partial charge in [-0.05, 0) is 77.7 Å². The number of thioether (sulfide) groups is 1. The minimum atomic E-state index is 0.129. The number of hydrogen-bond acceptors (Lipinski definition) is 1. The van der Waals surface area contributed by atoms with Crippen molar-refractivity contribution in [1.82, 2.24) is 0 Å². The van der Waals surface area contributed by atoms with Gasteiger partial charge in [0.15, 0.2) is 0 Å². The Bertz CT molecular complexity index is 995. The SMILES string of the molecule is CC/C=C(\SCC)c1ccc2c(c1)C(CC(CC)CCCC)(CC(CC)CCCC)c1cc(C)ccc1-2. The topological polar surface area (TPSA) is 0 Å². The van der Waals surface area contributed by atoms with Crippen LogP contribution in [0.5, 0.6) is 0 Å². The summed E-state index contributed by atoms with van der Waals surface area (Å²) in [4.78, 5) is 1.46. The van der Waals surface area contributed by atoms with Gasteiger partial charge in [-0.15, -0.1) is 11.8 Å².